The summed E-state index contributed by atoms with van der Waals surface area (Å²) in [5.41, 5.74) is 2.45. The molecule has 5 rings (SSSR count). The molecule has 1 saturated carbocycles. The zero-order valence-electron chi connectivity index (χ0n) is 18.7. The molecule has 0 radical (unpaired) electrons. The van der Waals surface area contributed by atoms with Crippen LogP contribution in [-0.2, 0) is 10.0 Å². The van der Waals surface area contributed by atoms with Crippen molar-refractivity contribution in [2.45, 2.75) is 61.8 Å². The number of nitrogens with zero attached hydrogens (tertiary/aromatic N) is 2. The Labute approximate surface area is 194 Å². The minimum Gasteiger partial charge on any atom is -0.349 e. The molecule has 0 bridgehead atoms. The number of fused-ring (bicyclic) bond motifs is 1. The lowest BCUT2D eigenvalue weighted by Crippen LogP contribution is -2.38. The monoisotopic (exact) mass is 466 g/mol. The highest BCUT2D eigenvalue weighted by Crippen LogP contribution is 2.30. The molecule has 2 aromatic carbocycles. The van der Waals surface area contributed by atoms with E-state index in [0.717, 1.165) is 55.4 Å². The molecule has 0 atom stereocenters. The fourth-order valence-electron chi connectivity index (χ4n) is 4.98. The molecule has 1 aliphatic heterocycles. The first kappa shape index (κ1) is 22.1. The van der Waals surface area contributed by atoms with Gasteiger partial charge in [0.05, 0.1) is 15.9 Å². The number of aromatic nitrogens is 2. The van der Waals surface area contributed by atoms with E-state index in [9.17, 15) is 13.2 Å². The molecule has 0 unspecified atom stereocenters. The predicted molar refractivity (Wildman–Crippen MR) is 128 cm³/mol. The zero-order valence-corrected chi connectivity index (χ0v) is 19.5. The summed E-state index contributed by atoms with van der Waals surface area (Å²) in [6, 6.07) is 14.5. The smallest absolute Gasteiger partial charge is 0.251 e. The molecule has 1 aromatic heterocycles. The van der Waals surface area contributed by atoms with Crippen LogP contribution in [-0.4, -0.2) is 47.7 Å². The Bertz CT molecular complexity index is 1190. The van der Waals surface area contributed by atoms with Crippen molar-refractivity contribution >= 4 is 27.0 Å². The zero-order chi connectivity index (χ0) is 22.8. The first-order valence-electron chi connectivity index (χ1n) is 11.9. The maximum absolute atomic E-state index is 13.2. The van der Waals surface area contributed by atoms with Crippen molar-refractivity contribution in [2.75, 3.05) is 13.1 Å². The quantitative estimate of drug-likeness (QED) is 0.589. The summed E-state index contributed by atoms with van der Waals surface area (Å²) in [5, 5.41) is 3.08. The molecule has 174 valence electrons. The van der Waals surface area contributed by atoms with Crippen LogP contribution in [0.4, 0.5) is 0 Å². The van der Waals surface area contributed by atoms with Crippen LogP contribution in [0.25, 0.3) is 11.0 Å². The minimum atomic E-state index is -3.59. The van der Waals surface area contributed by atoms with Crippen molar-refractivity contribution in [1.29, 1.82) is 0 Å². The standard InChI is InChI=1S/C25H30N4O3S/c30-25(26-20-6-2-1-3-7-20)19-10-12-21(13-11-19)33(31,32)29-16-14-18(15-17-29)24-27-22-8-4-5-9-23(22)28-24/h4-5,8-13,18,20H,1-3,6-7,14-17H2,(H,26,30)(H,27,28). The van der Waals surface area contributed by atoms with Crippen LogP contribution < -0.4 is 5.32 Å². The lowest BCUT2D eigenvalue weighted by molar-refractivity contribution is 0.0927. The Hall–Kier alpha value is -2.71. The Morgan fingerprint density at radius 1 is 0.939 bits per heavy atom. The summed E-state index contributed by atoms with van der Waals surface area (Å²) in [4.78, 5) is 20.8. The fraction of sp³-hybridized carbons (Fsp3) is 0.440. The maximum Gasteiger partial charge on any atom is 0.251 e. The molecule has 7 nitrogen and oxygen atoms in total. The van der Waals surface area contributed by atoms with Gasteiger partial charge in [0.15, 0.2) is 0 Å². The van der Waals surface area contributed by atoms with E-state index < -0.39 is 10.0 Å². The molecule has 8 heteroatoms. The first-order chi connectivity index (χ1) is 16.0. The molecule has 2 heterocycles. The number of H-pyrrole nitrogens is 1. The largest absolute Gasteiger partial charge is 0.349 e. The molecular weight excluding hydrogens is 436 g/mol. The third kappa shape index (κ3) is 4.68. The van der Waals surface area contributed by atoms with E-state index in [1.54, 1.807) is 28.6 Å². The number of carbonyl (C=O) groups is 1. The normalized spacial score (nSPS) is 19.0. The molecule has 2 N–H and O–H groups in total. The Morgan fingerprint density at radius 3 is 2.33 bits per heavy atom. The van der Waals surface area contributed by atoms with Gasteiger partial charge in [-0.15, -0.1) is 0 Å². The number of para-hydroxylation sites is 2. The van der Waals surface area contributed by atoms with Crippen molar-refractivity contribution in [3.05, 3.63) is 59.9 Å². The van der Waals surface area contributed by atoms with Gasteiger partial charge in [0.25, 0.3) is 5.91 Å². The van der Waals surface area contributed by atoms with Crippen molar-refractivity contribution in [2.24, 2.45) is 0 Å². The molecule has 0 spiro atoms. The fourth-order valence-corrected chi connectivity index (χ4v) is 6.45. The van der Waals surface area contributed by atoms with Gasteiger partial charge in [0.1, 0.15) is 5.82 Å². The van der Waals surface area contributed by atoms with E-state index in [1.165, 1.54) is 6.42 Å². The van der Waals surface area contributed by atoms with Gasteiger partial charge in [-0.3, -0.25) is 4.79 Å². The highest BCUT2D eigenvalue weighted by atomic mass is 32.2. The third-order valence-electron chi connectivity index (χ3n) is 6.94. The van der Waals surface area contributed by atoms with Crippen molar-refractivity contribution in [1.82, 2.24) is 19.6 Å². The van der Waals surface area contributed by atoms with Crippen molar-refractivity contribution in [3.8, 4) is 0 Å². The number of sulfonamides is 1. The summed E-state index contributed by atoms with van der Waals surface area (Å²) < 4.78 is 27.9. The number of rotatable bonds is 5. The SMILES string of the molecule is O=C(NC1CCCCC1)c1ccc(S(=O)(=O)N2CCC(c3nc4ccccc4[nH]3)CC2)cc1. The van der Waals surface area contributed by atoms with Gasteiger partial charge >= 0.3 is 0 Å². The van der Waals surface area contributed by atoms with Crippen LogP contribution in [0.1, 0.15) is 67.0 Å². The number of hydrogen-bond acceptors (Lipinski definition) is 4. The van der Waals surface area contributed by atoms with Gasteiger partial charge in [-0.25, -0.2) is 13.4 Å². The Morgan fingerprint density at radius 2 is 1.64 bits per heavy atom. The van der Waals surface area contributed by atoms with Gasteiger partial charge < -0.3 is 10.3 Å². The molecule has 1 aliphatic carbocycles. The van der Waals surface area contributed by atoms with Crippen LogP contribution in [0.3, 0.4) is 0 Å². The average Bonchev–Trinajstić information content (AvgIpc) is 3.29. The molecule has 33 heavy (non-hydrogen) atoms. The first-order valence-corrected chi connectivity index (χ1v) is 13.3. The number of imidazole rings is 1. The number of piperidine rings is 1. The second-order valence-electron chi connectivity index (χ2n) is 9.15. The Balaban J connectivity index is 1.22. The molecule has 3 aromatic rings. The van der Waals surface area contributed by atoms with E-state index in [4.69, 9.17) is 0 Å². The summed E-state index contributed by atoms with van der Waals surface area (Å²) >= 11 is 0. The van der Waals surface area contributed by atoms with Crippen LogP contribution in [0.15, 0.2) is 53.4 Å². The molecule has 2 fully saturated rings. The number of hydrogen-bond donors (Lipinski definition) is 2. The second kappa shape index (κ2) is 9.27. The van der Waals surface area contributed by atoms with E-state index >= 15 is 0 Å². The summed E-state index contributed by atoms with van der Waals surface area (Å²) in [5.74, 6) is 1.02. The maximum atomic E-state index is 13.2. The van der Waals surface area contributed by atoms with E-state index in [1.807, 2.05) is 24.3 Å². The lowest BCUT2D eigenvalue weighted by Gasteiger charge is -2.30. The molecule has 1 saturated heterocycles. The van der Waals surface area contributed by atoms with Crippen LogP contribution >= 0.6 is 0 Å². The highest BCUT2D eigenvalue weighted by Gasteiger charge is 2.31. The topological polar surface area (TPSA) is 95.2 Å². The number of carbonyl (C=O) groups excluding carboxylic acids is 1. The number of nitrogens with one attached hydrogen (secondary N) is 2. The minimum absolute atomic E-state index is 0.127. The van der Waals surface area contributed by atoms with Gasteiger partial charge in [-0.1, -0.05) is 31.4 Å². The average molecular weight is 467 g/mol. The highest BCUT2D eigenvalue weighted by molar-refractivity contribution is 7.89. The molecular formula is C25H30N4O3S. The van der Waals surface area contributed by atoms with Crippen molar-refractivity contribution in [3.63, 3.8) is 0 Å². The van der Waals surface area contributed by atoms with Crippen molar-refractivity contribution < 1.29 is 13.2 Å². The summed E-state index contributed by atoms with van der Waals surface area (Å²) in [6.45, 7) is 0.905. The van der Waals surface area contributed by atoms with Crippen LogP contribution in [0.5, 0.6) is 0 Å². The number of aromatic amines is 1. The Kier molecular flexibility index (Phi) is 6.21. The lowest BCUT2D eigenvalue weighted by atomic mass is 9.95. The van der Waals surface area contributed by atoms with Gasteiger partial charge in [-0.05, 0) is 62.1 Å². The summed E-state index contributed by atoms with van der Waals surface area (Å²) in [6.07, 6.45) is 7.00. The van der Waals surface area contributed by atoms with E-state index in [2.05, 4.69) is 15.3 Å². The summed E-state index contributed by atoms with van der Waals surface area (Å²) in [7, 11) is -3.59. The third-order valence-corrected chi connectivity index (χ3v) is 8.86. The molecule has 1 amide bonds. The van der Waals surface area contributed by atoms with E-state index in [0.29, 0.717) is 18.7 Å². The van der Waals surface area contributed by atoms with Gasteiger partial charge in [0.2, 0.25) is 10.0 Å². The predicted octanol–water partition coefficient (Wildman–Crippen LogP) is 4.19. The van der Waals surface area contributed by atoms with Crippen LogP contribution in [0.2, 0.25) is 0 Å². The molecule has 2 aliphatic rings. The van der Waals surface area contributed by atoms with Gasteiger partial charge in [0, 0.05) is 30.6 Å². The number of amides is 1. The van der Waals surface area contributed by atoms with E-state index in [-0.39, 0.29) is 22.8 Å². The van der Waals surface area contributed by atoms with Gasteiger partial charge in [-0.2, -0.15) is 4.31 Å². The van der Waals surface area contributed by atoms with Crippen LogP contribution in [0, 0.1) is 0 Å². The second-order valence-corrected chi connectivity index (χ2v) is 11.1. The number of benzene rings is 2.